The molecule has 28 heavy (non-hydrogen) atoms. The van der Waals surface area contributed by atoms with Crippen LogP contribution in [0.3, 0.4) is 0 Å². The van der Waals surface area contributed by atoms with Crippen LogP contribution in [0.1, 0.15) is 63.9 Å². The van der Waals surface area contributed by atoms with Crippen LogP contribution in [-0.2, 0) is 14.8 Å². The van der Waals surface area contributed by atoms with Crippen molar-refractivity contribution in [2.75, 3.05) is 13.1 Å². The molecule has 154 valence electrons. The van der Waals surface area contributed by atoms with E-state index >= 15 is 0 Å². The van der Waals surface area contributed by atoms with Crippen LogP contribution in [0.15, 0.2) is 24.3 Å². The summed E-state index contributed by atoms with van der Waals surface area (Å²) in [6.45, 7) is 4.94. The lowest BCUT2D eigenvalue weighted by atomic mass is 9.76. The van der Waals surface area contributed by atoms with Crippen molar-refractivity contribution < 1.29 is 17.9 Å². The third kappa shape index (κ3) is 3.92. The quantitative estimate of drug-likeness (QED) is 0.816. The van der Waals surface area contributed by atoms with Crippen LogP contribution in [0.5, 0.6) is 5.75 Å². The first-order chi connectivity index (χ1) is 13.3. The van der Waals surface area contributed by atoms with E-state index in [0.717, 1.165) is 30.6 Å². The molecule has 7 heteroatoms. The number of ether oxygens (including phenoxy) is 1. The fourth-order valence-electron chi connectivity index (χ4n) is 4.56. The van der Waals surface area contributed by atoms with E-state index in [9.17, 15) is 13.2 Å². The van der Waals surface area contributed by atoms with Gasteiger partial charge in [0.15, 0.2) is 0 Å². The third-order valence-electron chi connectivity index (χ3n) is 6.12. The highest BCUT2D eigenvalue weighted by atomic mass is 32.2. The molecule has 0 radical (unpaired) electrons. The van der Waals surface area contributed by atoms with E-state index in [1.165, 1.54) is 0 Å². The highest BCUT2D eigenvalue weighted by molar-refractivity contribution is 7.90. The Morgan fingerprint density at radius 1 is 1.25 bits per heavy atom. The Morgan fingerprint density at radius 3 is 2.57 bits per heavy atom. The second kappa shape index (κ2) is 7.34. The Hall–Kier alpha value is -1.60. The fraction of sp³-hybridized carbons (Fsp3) is 0.667. The topological polar surface area (TPSA) is 75.7 Å². The van der Waals surface area contributed by atoms with Crippen LogP contribution < -0.4 is 10.1 Å². The maximum atomic E-state index is 12.6. The Bertz CT molecular complexity index is 840. The number of sulfonamides is 1. The summed E-state index contributed by atoms with van der Waals surface area (Å²) in [5, 5.41) is 2.83. The van der Waals surface area contributed by atoms with Crippen molar-refractivity contribution in [3.63, 3.8) is 0 Å². The molecule has 2 aliphatic heterocycles. The predicted octanol–water partition coefficient (Wildman–Crippen LogP) is 2.79. The number of hydrogen-bond acceptors (Lipinski definition) is 4. The molecular formula is C21H30N2O4S. The summed E-state index contributed by atoms with van der Waals surface area (Å²) in [7, 11) is -3.14. The van der Waals surface area contributed by atoms with Gasteiger partial charge in [0, 0.05) is 44.3 Å². The number of rotatable bonds is 5. The zero-order valence-electron chi connectivity index (χ0n) is 16.7. The zero-order valence-corrected chi connectivity index (χ0v) is 17.5. The van der Waals surface area contributed by atoms with E-state index in [0.29, 0.717) is 32.4 Å². The monoisotopic (exact) mass is 406 g/mol. The van der Waals surface area contributed by atoms with Crippen molar-refractivity contribution in [1.29, 1.82) is 0 Å². The number of carbonyl (C=O) groups excluding carboxylic acids is 1. The zero-order chi connectivity index (χ0) is 19.9. The van der Waals surface area contributed by atoms with Crippen LogP contribution >= 0.6 is 0 Å². The van der Waals surface area contributed by atoms with Crippen molar-refractivity contribution in [3.05, 3.63) is 29.8 Å². The van der Waals surface area contributed by atoms with E-state index in [1.54, 1.807) is 4.31 Å². The number of hydrogen-bond donors (Lipinski definition) is 1. The minimum Gasteiger partial charge on any atom is -0.487 e. The van der Waals surface area contributed by atoms with Crippen molar-refractivity contribution in [1.82, 2.24) is 9.62 Å². The first-order valence-corrected chi connectivity index (χ1v) is 11.9. The van der Waals surface area contributed by atoms with E-state index in [2.05, 4.69) is 5.32 Å². The van der Waals surface area contributed by atoms with Gasteiger partial charge in [0.25, 0.3) is 0 Å². The number of piperidine rings is 1. The summed E-state index contributed by atoms with van der Waals surface area (Å²) in [5.74, 6) is 0.991. The molecule has 1 aromatic rings. The fourth-order valence-corrected chi connectivity index (χ4v) is 6.41. The van der Waals surface area contributed by atoms with Gasteiger partial charge in [0.1, 0.15) is 11.4 Å². The Kier molecular flexibility index (Phi) is 5.16. The first kappa shape index (κ1) is 19.7. The molecule has 0 unspecified atom stereocenters. The number of nitrogens with zero attached hydrogens (tertiary/aromatic N) is 1. The Balaban J connectivity index is 1.51. The average Bonchev–Trinajstić information content (AvgIpc) is 3.47. The summed E-state index contributed by atoms with van der Waals surface area (Å²) in [5.41, 5.74) is 0.701. The van der Waals surface area contributed by atoms with Crippen molar-refractivity contribution >= 4 is 15.9 Å². The number of para-hydroxylation sites is 1. The van der Waals surface area contributed by atoms with Crippen LogP contribution in [0, 0.1) is 0 Å². The smallest absolute Gasteiger partial charge is 0.220 e. The highest BCUT2D eigenvalue weighted by Crippen LogP contribution is 2.47. The first-order valence-electron chi connectivity index (χ1n) is 10.4. The molecule has 0 bridgehead atoms. The van der Waals surface area contributed by atoms with Crippen LogP contribution in [0.4, 0.5) is 0 Å². The molecule has 1 spiro atoms. The Morgan fingerprint density at radius 2 is 1.93 bits per heavy atom. The van der Waals surface area contributed by atoms with Crippen LogP contribution in [0.2, 0.25) is 0 Å². The van der Waals surface area contributed by atoms with E-state index in [-0.39, 0.29) is 28.7 Å². The lowest BCUT2D eigenvalue weighted by molar-refractivity contribution is -0.122. The van der Waals surface area contributed by atoms with Gasteiger partial charge >= 0.3 is 0 Å². The number of nitrogens with one attached hydrogen (secondary N) is 1. The molecule has 3 aliphatic rings. The molecule has 1 atom stereocenters. The summed E-state index contributed by atoms with van der Waals surface area (Å²) in [6.07, 6.45) is 4.13. The number of amides is 1. The SMILES string of the molecule is CC(C)NC(=O)C[C@@H]1CC2(CCN(S(=O)(=O)C3CC3)CC2)Oc2ccccc21. The molecule has 1 aromatic carbocycles. The molecule has 1 amide bonds. The minimum absolute atomic E-state index is 0.0561. The van der Waals surface area contributed by atoms with Gasteiger partial charge in [0.05, 0.1) is 5.25 Å². The standard InChI is InChI=1S/C21H30N2O4S/c1-15(2)22-20(24)13-16-14-21(27-19-6-4-3-5-18(16)19)9-11-23(12-10-21)28(25,26)17-7-8-17/h3-6,15-17H,7-14H2,1-2H3,(H,22,24)/t16-/m1/s1. The highest BCUT2D eigenvalue weighted by Gasteiger charge is 2.48. The molecule has 1 saturated carbocycles. The lowest BCUT2D eigenvalue weighted by Gasteiger charge is -2.46. The molecule has 1 aliphatic carbocycles. The average molecular weight is 407 g/mol. The van der Waals surface area contributed by atoms with E-state index < -0.39 is 10.0 Å². The van der Waals surface area contributed by atoms with E-state index in [1.807, 2.05) is 38.1 Å². The summed E-state index contributed by atoms with van der Waals surface area (Å²) in [4.78, 5) is 12.4. The third-order valence-corrected chi connectivity index (χ3v) is 8.52. The van der Waals surface area contributed by atoms with Gasteiger partial charge in [0.2, 0.25) is 15.9 Å². The molecule has 1 N–H and O–H groups in total. The van der Waals surface area contributed by atoms with Gasteiger partial charge in [-0.3, -0.25) is 4.79 Å². The normalized spacial score (nSPS) is 24.6. The van der Waals surface area contributed by atoms with Gasteiger partial charge in [-0.2, -0.15) is 0 Å². The second-order valence-corrected chi connectivity index (χ2v) is 11.0. The van der Waals surface area contributed by atoms with Crippen molar-refractivity contribution in [3.8, 4) is 5.75 Å². The van der Waals surface area contributed by atoms with Gasteiger partial charge in [-0.05, 0) is 44.7 Å². The van der Waals surface area contributed by atoms with Crippen LogP contribution in [0.25, 0.3) is 0 Å². The molecule has 2 heterocycles. The number of carbonyl (C=O) groups is 1. The molecule has 1 saturated heterocycles. The molecule has 4 rings (SSSR count). The minimum atomic E-state index is -3.14. The molecule has 6 nitrogen and oxygen atoms in total. The maximum absolute atomic E-state index is 12.6. The van der Waals surface area contributed by atoms with Crippen molar-refractivity contribution in [2.24, 2.45) is 0 Å². The molecular weight excluding hydrogens is 376 g/mol. The van der Waals surface area contributed by atoms with Gasteiger partial charge in [-0.25, -0.2) is 12.7 Å². The predicted molar refractivity (Wildman–Crippen MR) is 108 cm³/mol. The number of fused-ring (bicyclic) bond motifs is 1. The van der Waals surface area contributed by atoms with Gasteiger partial charge in [-0.15, -0.1) is 0 Å². The maximum Gasteiger partial charge on any atom is 0.220 e. The lowest BCUT2D eigenvalue weighted by Crippen LogP contribution is -2.52. The summed E-state index contributed by atoms with van der Waals surface area (Å²) >= 11 is 0. The van der Waals surface area contributed by atoms with Gasteiger partial charge < -0.3 is 10.1 Å². The largest absolute Gasteiger partial charge is 0.487 e. The van der Waals surface area contributed by atoms with Crippen molar-refractivity contribution in [2.45, 2.75) is 75.2 Å². The summed E-state index contributed by atoms with van der Waals surface area (Å²) < 4.78 is 33.2. The van der Waals surface area contributed by atoms with Gasteiger partial charge in [-0.1, -0.05) is 18.2 Å². The molecule has 2 fully saturated rings. The summed E-state index contributed by atoms with van der Waals surface area (Å²) in [6, 6.07) is 8.07. The second-order valence-electron chi connectivity index (χ2n) is 8.79. The van der Waals surface area contributed by atoms with E-state index in [4.69, 9.17) is 4.74 Å². The number of benzene rings is 1. The van der Waals surface area contributed by atoms with Crippen LogP contribution in [-0.4, -0.2) is 48.6 Å². The Labute approximate surface area is 167 Å². The molecule has 0 aromatic heterocycles.